The first kappa shape index (κ1) is 41.8. The molecule has 65 heavy (non-hydrogen) atoms. The molecule has 0 radical (unpaired) electrons. The highest BCUT2D eigenvalue weighted by Crippen LogP contribution is 2.38. The second-order valence-corrected chi connectivity index (χ2v) is 17.5. The smallest absolute Gasteiger partial charge is 0.243 e. The number of ketones is 1. The van der Waals surface area contributed by atoms with Gasteiger partial charge < -0.3 is 36.0 Å². The molecule has 2 atom stereocenters. The summed E-state index contributed by atoms with van der Waals surface area (Å²) in [5.74, 6) is -0.228. The van der Waals surface area contributed by atoms with E-state index in [0.717, 1.165) is 50.9 Å². The summed E-state index contributed by atoms with van der Waals surface area (Å²) in [5, 5.41) is 36.1. The quantitative estimate of drug-likeness (QED) is 0.0708. The number of nitrogens with one attached hydrogen (secondary N) is 4. The SMILES string of the molecule is CCn1c2ccccc2c2cc(NC(=O)C(C(C(=O)Nc3ccc4c(c3)-c3ccccc3C4=O)N3CCC(Nc4cccc(O)c4)CC3)N3CCC(Nc4cccc(O)c4)CC3)ccc21. The summed E-state index contributed by atoms with van der Waals surface area (Å²) in [6.07, 6.45) is 2.84. The van der Waals surface area contributed by atoms with Crippen molar-refractivity contribution >= 4 is 62.2 Å². The minimum atomic E-state index is -0.889. The van der Waals surface area contributed by atoms with E-state index in [1.165, 1.54) is 0 Å². The van der Waals surface area contributed by atoms with Gasteiger partial charge >= 0.3 is 0 Å². The molecule has 0 bridgehead atoms. The second-order valence-electron chi connectivity index (χ2n) is 17.5. The van der Waals surface area contributed by atoms with Crippen LogP contribution in [-0.4, -0.2) is 92.5 Å². The molecule has 3 heterocycles. The third kappa shape index (κ3) is 8.38. The van der Waals surface area contributed by atoms with E-state index >= 15 is 9.59 Å². The van der Waals surface area contributed by atoms with E-state index in [-0.39, 0.29) is 41.2 Å². The van der Waals surface area contributed by atoms with Gasteiger partial charge in [0.05, 0.1) is 0 Å². The Hall–Kier alpha value is -7.15. The Bertz CT molecular complexity index is 2930. The van der Waals surface area contributed by atoms with Gasteiger partial charge in [-0.3, -0.25) is 24.2 Å². The van der Waals surface area contributed by atoms with E-state index in [4.69, 9.17) is 0 Å². The summed E-state index contributed by atoms with van der Waals surface area (Å²) < 4.78 is 2.28. The number of fused-ring (bicyclic) bond motifs is 6. The van der Waals surface area contributed by atoms with Gasteiger partial charge in [-0.1, -0.05) is 54.6 Å². The van der Waals surface area contributed by atoms with Gasteiger partial charge in [-0.2, -0.15) is 0 Å². The number of piperidine rings is 2. The monoisotopic (exact) mass is 867 g/mol. The average molecular weight is 868 g/mol. The molecule has 12 heteroatoms. The highest BCUT2D eigenvalue weighted by Gasteiger charge is 2.44. The van der Waals surface area contributed by atoms with E-state index in [1.54, 1.807) is 36.4 Å². The maximum absolute atomic E-state index is 15.3. The molecule has 6 N–H and O–H groups in total. The zero-order chi connectivity index (χ0) is 44.6. The average Bonchev–Trinajstić information content (AvgIpc) is 3.79. The zero-order valence-electron chi connectivity index (χ0n) is 36.3. The summed E-state index contributed by atoms with van der Waals surface area (Å²) >= 11 is 0. The molecule has 1 aromatic heterocycles. The van der Waals surface area contributed by atoms with Crippen molar-refractivity contribution in [2.24, 2.45) is 0 Å². The molecule has 0 saturated carbocycles. The van der Waals surface area contributed by atoms with Crippen LogP contribution in [0.4, 0.5) is 22.7 Å². The molecule has 330 valence electrons. The number of aryl methyl sites for hydroxylation is 1. The third-order valence-corrected chi connectivity index (χ3v) is 13.5. The number of aromatic nitrogens is 1. The van der Waals surface area contributed by atoms with Gasteiger partial charge in [-0.05, 0) is 110 Å². The summed E-state index contributed by atoms with van der Waals surface area (Å²) in [7, 11) is 0. The van der Waals surface area contributed by atoms with Crippen molar-refractivity contribution in [3.63, 3.8) is 0 Å². The lowest BCUT2D eigenvalue weighted by Crippen LogP contribution is -2.64. The lowest BCUT2D eigenvalue weighted by Gasteiger charge is -2.45. The number of hydrogen-bond acceptors (Lipinski definition) is 9. The van der Waals surface area contributed by atoms with Gasteiger partial charge in [-0.25, -0.2) is 0 Å². The number of anilines is 4. The van der Waals surface area contributed by atoms with Crippen LogP contribution in [0.15, 0.2) is 133 Å². The molecular weight excluding hydrogens is 815 g/mol. The van der Waals surface area contributed by atoms with Crippen molar-refractivity contribution in [2.45, 2.75) is 63.3 Å². The number of carbonyl (C=O) groups excluding carboxylic acids is 3. The summed E-state index contributed by atoms with van der Waals surface area (Å²) in [6.45, 7) is 5.12. The summed E-state index contributed by atoms with van der Waals surface area (Å²) in [6, 6.07) is 39.9. The fourth-order valence-electron chi connectivity index (χ4n) is 10.3. The van der Waals surface area contributed by atoms with Crippen LogP contribution < -0.4 is 21.3 Å². The number of likely N-dealkylation sites (tertiary alicyclic amines) is 2. The first-order valence-electron chi connectivity index (χ1n) is 22.7. The molecule has 2 unspecified atom stereocenters. The molecule has 2 saturated heterocycles. The van der Waals surface area contributed by atoms with Gasteiger partial charge in [0.1, 0.15) is 23.6 Å². The van der Waals surface area contributed by atoms with Crippen LogP contribution in [-0.2, 0) is 16.1 Å². The van der Waals surface area contributed by atoms with E-state index in [0.29, 0.717) is 74.4 Å². The molecule has 2 aliphatic heterocycles. The highest BCUT2D eigenvalue weighted by atomic mass is 16.3. The predicted molar refractivity (Wildman–Crippen MR) is 258 cm³/mol. The number of nitrogens with zero attached hydrogens (tertiary/aromatic N) is 3. The van der Waals surface area contributed by atoms with Crippen LogP contribution in [0.5, 0.6) is 11.5 Å². The molecule has 3 aliphatic rings. The molecule has 6 aromatic carbocycles. The van der Waals surface area contributed by atoms with E-state index in [2.05, 4.69) is 60.8 Å². The number of rotatable bonds is 12. The van der Waals surface area contributed by atoms with Crippen LogP contribution in [0, 0.1) is 0 Å². The van der Waals surface area contributed by atoms with Crippen LogP contribution >= 0.6 is 0 Å². The normalized spacial score (nSPS) is 16.8. The number of carbonyl (C=O) groups is 3. The molecule has 2 amide bonds. The first-order chi connectivity index (χ1) is 31.7. The number of para-hydroxylation sites is 1. The van der Waals surface area contributed by atoms with Crippen LogP contribution in [0.3, 0.4) is 0 Å². The van der Waals surface area contributed by atoms with Crippen LogP contribution in [0.1, 0.15) is 48.5 Å². The minimum absolute atomic E-state index is 0.0373. The third-order valence-electron chi connectivity index (χ3n) is 13.5. The minimum Gasteiger partial charge on any atom is -0.508 e. The van der Waals surface area contributed by atoms with Crippen LogP contribution in [0.2, 0.25) is 0 Å². The van der Waals surface area contributed by atoms with Gasteiger partial charge in [0.15, 0.2) is 5.78 Å². The largest absolute Gasteiger partial charge is 0.508 e. The zero-order valence-corrected chi connectivity index (χ0v) is 36.3. The Morgan fingerprint density at radius 2 is 1.05 bits per heavy atom. The lowest BCUT2D eigenvalue weighted by molar-refractivity contribution is -0.133. The molecule has 2 fully saturated rings. The van der Waals surface area contributed by atoms with Gasteiger partial charge in [-0.15, -0.1) is 0 Å². The van der Waals surface area contributed by atoms with E-state index in [1.807, 2.05) is 78.9 Å². The second kappa shape index (κ2) is 17.8. The van der Waals surface area contributed by atoms with Crippen molar-refractivity contribution in [3.8, 4) is 22.6 Å². The number of phenolic OH excluding ortho intramolecular Hbond substituents is 2. The predicted octanol–water partition coefficient (Wildman–Crippen LogP) is 8.90. The number of phenols is 2. The van der Waals surface area contributed by atoms with Gasteiger partial charge in [0, 0.05) is 113 Å². The van der Waals surface area contributed by atoms with Crippen LogP contribution in [0.25, 0.3) is 32.9 Å². The number of amides is 2. The Labute approximate surface area is 377 Å². The maximum Gasteiger partial charge on any atom is 0.243 e. The van der Waals surface area contributed by atoms with Crippen molar-refractivity contribution in [3.05, 3.63) is 145 Å². The maximum atomic E-state index is 15.3. The molecule has 7 aromatic rings. The van der Waals surface area contributed by atoms with Crippen molar-refractivity contribution in [1.82, 2.24) is 14.4 Å². The Morgan fingerprint density at radius 1 is 0.538 bits per heavy atom. The molecule has 0 spiro atoms. The van der Waals surface area contributed by atoms with Gasteiger partial charge in [0.25, 0.3) is 0 Å². The Kier molecular flexibility index (Phi) is 11.4. The van der Waals surface area contributed by atoms with E-state index < -0.39 is 12.1 Å². The van der Waals surface area contributed by atoms with E-state index in [9.17, 15) is 15.0 Å². The standard InChI is InChI=1S/C53H53N7O5/c1-2-60-47-16-6-5-14-42(47)46-32-38(18-20-48(46)60)57-53(65)50(59-27-23-34(24-28-59)55-36-10-8-12-40(62)30-36)49(58-25-21-33(22-26-58)54-35-9-7-11-39(61)29-35)52(64)56-37-17-19-44-45(31-37)41-13-3-4-15-43(41)51(44)63/h3-20,29-34,49-50,54-55,61-62H,2,21-28H2,1H3,(H,56,64)(H,57,65). The molecular formula is C53H53N7O5. The summed E-state index contributed by atoms with van der Waals surface area (Å²) in [5.41, 5.74) is 7.92. The molecule has 10 rings (SSSR count). The lowest BCUT2D eigenvalue weighted by atomic mass is 9.94. The highest BCUT2D eigenvalue weighted by molar-refractivity contribution is 6.22. The molecule has 12 nitrogen and oxygen atoms in total. The van der Waals surface area contributed by atoms with Crippen molar-refractivity contribution in [2.75, 3.05) is 47.4 Å². The Balaban J connectivity index is 0.987. The van der Waals surface area contributed by atoms with Gasteiger partial charge in [0.2, 0.25) is 11.8 Å². The number of hydrogen-bond donors (Lipinski definition) is 6. The van der Waals surface area contributed by atoms with Crippen molar-refractivity contribution in [1.29, 1.82) is 0 Å². The number of aromatic hydroxyl groups is 2. The summed E-state index contributed by atoms with van der Waals surface area (Å²) in [4.78, 5) is 48.2. The Morgan fingerprint density at radius 3 is 1.63 bits per heavy atom. The molecule has 1 aliphatic carbocycles. The van der Waals surface area contributed by atoms with Crippen molar-refractivity contribution < 1.29 is 24.6 Å². The fraction of sp³-hybridized carbons (Fsp3) is 0.264. The number of benzene rings is 6. The first-order valence-corrected chi connectivity index (χ1v) is 22.7. The fourth-order valence-corrected chi connectivity index (χ4v) is 10.3. The topological polar surface area (TPSA) is 151 Å².